The lowest BCUT2D eigenvalue weighted by atomic mass is 10.2. The van der Waals surface area contributed by atoms with Gasteiger partial charge in [-0.1, -0.05) is 18.2 Å². The number of nitrogens with one attached hydrogen (secondary N) is 1. The van der Waals surface area contributed by atoms with Gasteiger partial charge in [0, 0.05) is 24.4 Å². The molecule has 0 atom stereocenters. The minimum absolute atomic E-state index is 0.186. The van der Waals surface area contributed by atoms with Gasteiger partial charge >= 0.3 is 0 Å². The van der Waals surface area contributed by atoms with Crippen molar-refractivity contribution in [3.8, 4) is 5.75 Å². The molecule has 8 heteroatoms. The van der Waals surface area contributed by atoms with Crippen molar-refractivity contribution in [3.05, 3.63) is 83.9 Å². The molecule has 172 valence electrons. The van der Waals surface area contributed by atoms with Crippen molar-refractivity contribution in [3.63, 3.8) is 0 Å². The van der Waals surface area contributed by atoms with Gasteiger partial charge in [0.25, 0.3) is 15.9 Å². The van der Waals surface area contributed by atoms with Gasteiger partial charge in [-0.05, 0) is 73.5 Å². The normalized spacial score (nSPS) is 12.9. The number of benzene rings is 3. The molecular weight excluding hydrogens is 440 g/mol. The third-order valence-corrected chi connectivity index (χ3v) is 7.19. The van der Waals surface area contributed by atoms with E-state index in [2.05, 4.69) is 5.32 Å². The molecule has 4 rings (SSSR count). The van der Waals surface area contributed by atoms with Crippen LogP contribution >= 0.6 is 0 Å². The highest BCUT2D eigenvalue weighted by molar-refractivity contribution is 7.92. The van der Waals surface area contributed by atoms with E-state index in [0.717, 1.165) is 11.3 Å². The van der Waals surface area contributed by atoms with Crippen LogP contribution in [0.5, 0.6) is 5.75 Å². The predicted octanol–water partition coefficient (Wildman–Crippen LogP) is 4.11. The maximum absolute atomic E-state index is 13.1. The van der Waals surface area contributed by atoms with E-state index in [0.29, 0.717) is 49.8 Å². The first-order chi connectivity index (χ1) is 16.0. The molecule has 3 aromatic carbocycles. The summed E-state index contributed by atoms with van der Waals surface area (Å²) in [5.74, 6) is 0.365. The molecule has 0 radical (unpaired) electrons. The van der Waals surface area contributed by atoms with Gasteiger partial charge in [-0.15, -0.1) is 0 Å². The van der Waals surface area contributed by atoms with Gasteiger partial charge in [0.15, 0.2) is 0 Å². The molecule has 33 heavy (non-hydrogen) atoms. The van der Waals surface area contributed by atoms with Gasteiger partial charge in [-0.25, -0.2) is 8.42 Å². The highest BCUT2D eigenvalue weighted by Crippen LogP contribution is 2.32. The molecule has 7 nitrogen and oxygen atoms in total. The third kappa shape index (κ3) is 5.18. The maximum atomic E-state index is 13.1. The van der Waals surface area contributed by atoms with Crippen molar-refractivity contribution in [1.82, 2.24) is 0 Å². The number of anilines is 2. The molecule has 0 aromatic heterocycles. The second-order valence-corrected chi connectivity index (χ2v) is 9.37. The Balaban J connectivity index is 1.39. The van der Waals surface area contributed by atoms with E-state index in [9.17, 15) is 13.2 Å². The summed E-state index contributed by atoms with van der Waals surface area (Å²) in [5.41, 5.74) is 2.73. The number of para-hydroxylation sites is 1. The Bertz CT molecular complexity index is 1210. The smallest absolute Gasteiger partial charge is 0.264 e. The third-order valence-electron chi connectivity index (χ3n) is 5.36. The number of sulfonamides is 1. The molecule has 0 saturated heterocycles. The lowest BCUT2D eigenvalue weighted by molar-refractivity contribution is 0.102. The average Bonchev–Trinajstić information content (AvgIpc) is 3.28. The largest absolute Gasteiger partial charge is 0.491 e. The first-order valence-corrected chi connectivity index (χ1v) is 12.3. The predicted molar refractivity (Wildman–Crippen MR) is 128 cm³/mol. The van der Waals surface area contributed by atoms with Gasteiger partial charge in [0.1, 0.15) is 12.4 Å². The SMILES string of the molecule is CCOCCOc1ccc(C(=O)Nc2ccc(S(=O)(=O)N3CCc4ccccc43)cc2)cc1. The van der Waals surface area contributed by atoms with Crippen LogP contribution in [0.2, 0.25) is 0 Å². The fraction of sp³-hybridized carbons (Fsp3) is 0.240. The summed E-state index contributed by atoms with van der Waals surface area (Å²) in [6.45, 7) is 3.94. The van der Waals surface area contributed by atoms with Crippen LogP contribution in [-0.4, -0.2) is 40.7 Å². The number of amides is 1. The van der Waals surface area contributed by atoms with E-state index in [1.165, 1.54) is 16.4 Å². The number of fused-ring (bicyclic) bond motifs is 1. The molecular formula is C25H26N2O5S. The number of hydrogen-bond donors (Lipinski definition) is 1. The molecule has 1 aliphatic rings. The number of carbonyl (C=O) groups excluding carboxylic acids is 1. The number of nitrogens with zero attached hydrogens (tertiary/aromatic N) is 1. The zero-order valence-corrected chi connectivity index (χ0v) is 19.2. The summed E-state index contributed by atoms with van der Waals surface area (Å²) in [6, 6.07) is 20.5. The Morgan fingerprint density at radius 1 is 0.970 bits per heavy atom. The average molecular weight is 467 g/mol. The zero-order chi connectivity index (χ0) is 23.3. The van der Waals surface area contributed by atoms with E-state index >= 15 is 0 Å². The highest BCUT2D eigenvalue weighted by Gasteiger charge is 2.30. The Hall–Kier alpha value is -3.36. The Morgan fingerprint density at radius 2 is 1.70 bits per heavy atom. The van der Waals surface area contributed by atoms with Crippen molar-refractivity contribution >= 4 is 27.3 Å². The minimum atomic E-state index is -3.67. The van der Waals surface area contributed by atoms with E-state index in [1.807, 2.05) is 31.2 Å². The van der Waals surface area contributed by atoms with Crippen LogP contribution in [0, 0.1) is 0 Å². The molecule has 0 aliphatic carbocycles. The minimum Gasteiger partial charge on any atom is -0.491 e. The van der Waals surface area contributed by atoms with Gasteiger partial charge in [0.2, 0.25) is 0 Å². The summed E-state index contributed by atoms with van der Waals surface area (Å²) >= 11 is 0. The van der Waals surface area contributed by atoms with Gasteiger partial charge in [-0.3, -0.25) is 9.10 Å². The van der Waals surface area contributed by atoms with Crippen LogP contribution in [0.15, 0.2) is 77.7 Å². The quantitative estimate of drug-likeness (QED) is 0.480. The zero-order valence-electron chi connectivity index (χ0n) is 18.4. The number of rotatable bonds is 9. The second-order valence-electron chi connectivity index (χ2n) is 7.50. The van der Waals surface area contributed by atoms with Gasteiger partial charge in [0.05, 0.1) is 17.2 Å². The molecule has 1 N–H and O–H groups in total. The van der Waals surface area contributed by atoms with Gasteiger partial charge < -0.3 is 14.8 Å². The first kappa shape index (κ1) is 22.8. The molecule has 0 saturated carbocycles. The second kappa shape index (κ2) is 10.1. The standard InChI is InChI=1S/C25H26N2O5S/c1-2-31-17-18-32-22-11-7-20(8-12-22)25(28)26-21-9-13-23(14-10-21)33(29,30)27-16-15-19-5-3-4-6-24(19)27/h3-14H,2,15-18H2,1H3,(H,26,28). The summed E-state index contributed by atoms with van der Waals surface area (Å²) in [4.78, 5) is 12.7. The molecule has 0 bridgehead atoms. The Morgan fingerprint density at radius 3 is 2.42 bits per heavy atom. The molecule has 3 aromatic rings. The Labute approximate surface area is 194 Å². The van der Waals surface area contributed by atoms with Crippen molar-refractivity contribution in [1.29, 1.82) is 0 Å². The summed E-state index contributed by atoms with van der Waals surface area (Å²) in [5, 5.41) is 2.79. The molecule has 0 unspecified atom stereocenters. The fourth-order valence-electron chi connectivity index (χ4n) is 3.66. The lowest BCUT2D eigenvalue weighted by Crippen LogP contribution is -2.29. The number of hydrogen-bond acceptors (Lipinski definition) is 5. The van der Waals surface area contributed by atoms with Gasteiger partial charge in [-0.2, -0.15) is 0 Å². The van der Waals surface area contributed by atoms with E-state index in [1.54, 1.807) is 36.4 Å². The first-order valence-electron chi connectivity index (χ1n) is 10.8. The van der Waals surface area contributed by atoms with E-state index in [-0.39, 0.29) is 10.8 Å². The van der Waals surface area contributed by atoms with Crippen LogP contribution < -0.4 is 14.4 Å². The van der Waals surface area contributed by atoms with Crippen molar-refractivity contribution in [2.45, 2.75) is 18.2 Å². The number of carbonyl (C=O) groups is 1. The maximum Gasteiger partial charge on any atom is 0.264 e. The fourth-order valence-corrected chi connectivity index (χ4v) is 5.17. The topological polar surface area (TPSA) is 84.9 Å². The van der Waals surface area contributed by atoms with Crippen molar-refractivity contribution < 1.29 is 22.7 Å². The summed E-state index contributed by atoms with van der Waals surface area (Å²) in [7, 11) is -3.67. The highest BCUT2D eigenvalue weighted by atomic mass is 32.2. The summed E-state index contributed by atoms with van der Waals surface area (Å²) < 4.78 is 38.4. The van der Waals surface area contributed by atoms with Crippen LogP contribution in [0.3, 0.4) is 0 Å². The summed E-state index contributed by atoms with van der Waals surface area (Å²) in [6.07, 6.45) is 0.694. The van der Waals surface area contributed by atoms with Crippen LogP contribution in [0.25, 0.3) is 0 Å². The van der Waals surface area contributed by atoms with Crippen molar-refractivity contribution in [2.75, 3.05) is 36.0 Å². The van der Waals surface area contributed by atoms with Crippen LogP contribution in [0.1, 0.15) is 22.8 Å². The van der Waals surface area contributed by atoms with Crippen molar-refractivity contribution in [2.24, 2.45) is 0 Å². The molecule has 1 amide bonds. The molecule has 0 spiro atoms. The molecule has 1 heterocycles. The Kier molecular flexibility index (Phi) is 6.96. The molecule has 0 fully saturated rings. The van der Waals surface area contributed by atoms with E-state index in [4.69, 9.17) is 9.47 Å². The molecule has 1 aliphatic heterocycles. The van der Waals surface area contributed by atoms with Crippen LogP contribution in [0.4, 0.5) is 11.4 Å². The lowest BCUT2D eigenvalue weighted by Gasteiger charge is -2.19. The monoisotopic (exact) mass is 466 g/mol. The van der Waals surface area contributed by atoms with E-state index < -0.39 is 10.0 Å². The number of ether oxygens (including phenoxy) is 2. The van der Waals surface area contributed by atoms with Crippen LogP contribution in [-0.2, 0) is 21.2 Å².